The van der Waals surface area contributed by atoms with Crippen molar-refractivity contribution in [1.82, 2.24) is 0 Å². The zero-order valence-electron chi connectivity index (χ0n) is 18.7. The highest BCUT2D eigenvalue weighted by Crippen LogP contribution is 2.26. The van der Waals surface area contributed by atoms with Crippen LogP contribution in [0.1, 0.15) is 27.6 Å². The maximum atomic E-state index is 13.5. The van der Waals surface area contributed by atoms with Crippen LogP contribution in [0, 0.1) is 5.41 Å². The van der Waals surface area contributed by atoms with Gasteiger partial charge in [-0.25, -0.2) is 4.79 Å². The monoisotopic (exact) mass is 447 g/mol. The van der Waals surface area contributed by atoms with E-state index in [0.29, 0.717) is 22.5 Å². The van der Waals surface area contributed by atoms with Crippen molar-refractivity contribution >= 4 is 23.3 Å². The Labute approximate surface area is 198 Å². The van der Waals surface area contributed by atoms with Crippen molar-refractivity contribution in [2.24, 2.45) is 0 Å². The molecule has 1 heterocycles. The van der Waals surface area contributed by atoms with Crippen LogP contribution in [0.4, 0.5) is 0 Å². The molecule has 0 fully saturated rings. The second-order valence-corrected chi connectivity index (χ2v) is 7.47. The molecule has 0 amide bonds. The van der Waals surface area contributed by atoms with Crippen molar-refractivity contribution < 1.29 is 18.9 Å². The average molecular weight is 448 g/mol. The van der Waals surface area contributed by atoms with Crippen molar-refractivity contribution in [3.05, 3.63) is 114 Å². The fraction of sp³-hybridized carbons (Fsp3) is 0.0690. The molecule has 0 unspecified atom stereocenters. The van der Waals surface area contributed by atoms with Gasteiger partial charge in [0.2, 0.25) is 11.4 Å². The maximum absolute atomic E-state index is 13.5. The second-order valence-electron chi connectivity index (χ2n) is 7.47. The van der Waals surface area contributed by atoms with Crippen molar-refractivity contribution in [3.8, 4) is 22.5 Å². The molecule has 5 heteroatoms. The second kappa shape index (κ2) is 10.3. The molecule has 1 aromatic heterocycles. The van der Waals surface area contributed by atoms with E-state index in [1.54, 1.807) is 47.9 Å². The highest BCUT2D eigenvalue weighted by atomic mass is 16.5. The number of carbonyl (C=O) groups is 2. The van der Waals surface area contributed by atoms with Crippen molar-refractivity contribution in [2.75, 3.05) is 6.61 Å². The Kier molecular flexibility index (Phi) is 6.87. The maximum Gasteiger partial charge on any atom is 0.338 e. The summed E-state index contributed by atoms with van der Waals surface area (Å²) in [4.78, 5) is 26.3. The quantitative estimate of drug-likeness (QED) is 0.134. The molecule has 1 N–H and O–H groups in total. The molecule has 0 saturated heterocycles. The molecule has 0 aliphatic heterocycles. The number of ketones is 1. The van der Waals surface area contributed by atoms with Crippen LogP contribution in [-0.4, -0.2) is 24.2 Å². The lowest BCUT2D eigenvalue weighted by Gasteiger charge is -2.12. The van der Waals surface area contributed by atoms with E-state index in [1.807, 2.05) is 66.7 Å². The van der Waals surface area contributed by atoms with Gasteiger partial charge in [0, 0.05) is 28.8 Å². The molecular formula is C29H23N2O3+. The topological polar surface area (TPSA) is 71.1 Å². The lowest BCUT2D eigenvalue weighted by atomic mass is 10.0. The molecule has 0 spiro atoms. The standard InChI is InChI=1S/C29H23N2O3/c1-2-34-29(33)24-18-25(21-12-6-3-7-13-21)31(26(19-24)22-14-8-4-9-15-22)27(20-30)28(32)23-16-10-5-11-17-23/h3-19,30H,2H2,1H3/q+1. The Bertz CT molecular complexity index is 1310. The minimum Gasteiger partial charge on any atom is -0.462 e. The van der Waals surface area contributed by atoms with Gasteiger partial charge < -0.3 is 4.74 Å². The number of allylic oxidation sites excluding steroid dienone is 1. The first-order valence-corrected chi connectivity index (χ1v) is 10.9. The third kappa shape index (κ3) is 4.60. The number of pyridine rings is 1. The van der Waals surface area contributed by atoms with Crippen LogP contribution in [-0.2, 0) is 4.74 Å². The summed E-state index contributed by atoms with van der Waals surface area (Å²) in [5.74, 6) is 1.57. The number of rotatable bonds is 7. The molecule has 5 nitrogen and oxygen atoms in total. The molecule has 4 rings (SSSR count). The van der Waals surface area contributed by atoms with Crippen molar-refractivity contribution in [1.29, 1.82) is 5.41 Å². The number of hydrogen-bond donors (Lipinski definition) is 1. The third-order valence-corrected chi connectivity index (χ3v) is 5.31. The summed E-state index contributed by atoms with van der Waals surface area (Å²) in [6, 6.07) is 31.1. The summed E-state index contributed by atoms with van der Waals surface area (Å²) in [6.07, 6.45) is 0. The van der Waals surface area contributed by atoms with Gasteiger partial charge in [-0.2, -0.15) is 0 Å². The summed E-state index contributed by atoms with van der Waals surface area (Å²) in [5, 5.41) is 8.08. The van der Waals surface area contributed by atoms with Crippen molar-refractivity contribution in [3.63, 3.8) is 0 Å². The summed E-state index contributed by atoms with van der Waals surface area (Å²) in [7, 11) is 0. The lowest BCUT2D eigenvalue weighted by Crippen LogP contribution is -2.42. The van der Waals surface area contributed by atoms with E-state index in [1.165, 1.54) is 0 Å². The number of benzene rings is 3. The molecule has 34 heavy (non-hydrogen) atoms. The summed E-state index contributed by atoms with van der Waals surface area (Å²) in [5.41, 5.74) is 3.54. The van der Waals surface area contributed by atoms with E-state index >= 15 is 0 Å². The van der Waals surface area contributed by atoms with E-state index in [2.05, 4.69) is 5.87 Å². The zero-order valence-corrected chi connectivity index (χ0v) is 18.7. The fourth-order valence-electron chi connectivity index (χ4n) is 3.75. The van der Waals surface area contributed by atoms with Gasteiger partial charge >= 0.3 is 11.7 Å². The van der Waals surface area contributed by atoms with Crippen LogP contribution < -0.4 is 4.57 Å². The Balaban J connectivity index is 2.06. The van der Waals surface area contributed by atoms with Crippen LogP contribution in [0.2, 0.25) is 0 Å². The lowest BCUT2D eigenvalue weighted by molar-refractivity contribution is -0.551. The highest BCUT2D eigenvalue weighted by molar-refractivity contribution is 6.28. The van der Waals surface area contributed by atoms with E-state index in [4.69, 9.17) is 10.1 Å². The predicted molar refractivity (Wildman–Crippen MR) is 132 cm³/mol. The summed E-state index contributed by atoms with van der Waals surface area (Å²) in [6.45, 7) is 2.00. The molecule has 0 atom stereocenters. The van der Waals surface area contributed by atoms with Crippen LogP contribution >= 0.6 is 0 Å². The van der Waals surface area contributed by atoms with E-state index in [9.17, 15) is 9.59 Å². The van der Waals surface area contributed by atoms with Gasteiger partial charge in [0.15, 0.2) is 0 Å². The van der Waals surface area contributed by atoms with Crippen LogP contribution in [0.3, 0.4) is 0 Å². The normalized spacial score (nSPS) is 10.3. The Hall–Kier alpha value is -4.60. The molecule has 4 aromatic rings. The number of esters is 1. The molecular weight excluding hydrogens is 424 g/mol. The first kappa shape index (κ1) is 22.6. The largest absolute Gasteiger partial charge is 0.462 e. The number of nitrogens with zero attached hydrogens (tertiary/aromatic N) is 1. The van der Waals surface area contributed by atoms with Gasteiger partial charge in [0.25, 0.3) is 5.78 Å². The van der Waals surface area contributed by atoms with Crippen LogP contribution in [0.5, 0.6) is 0 Å². The Morgan fingerprint density at radius 2 is 1.24 bits per heavy atom. The van der Waals surface area contributed by atoms with E-state index in [-0.39, 0.29) is 18.1 Å². The Morgan fingerprint density at radius 3 is 1.68 bits per heavy atom. The molecule has 166 valence electrons. The number of ether oxygens (including phenoxy) is 1. The van der Waals surface area contributed by atoms with E-state index < -0.39 is 5.97 Å². The third-order valence-electron chi connectivity index (χ3n) is 5.31. The molecule has 0 radical (unpaired) electrons. The number of carbonyl (C=O) groups excluding carboxylic acids is 2. The van der Waals surface area contributed by atoms with Crippen molar-refractivity contribution in [2.45, 2.75) is 6.92 Å². The van der Waals surface area contributed by atoms with Crippen LogP contribution in [0.25, 0.3) is 28.2 Å². The van der Waals surface area contributed by atoms with Gasteiger partial charge in [-0.05, 0) is 31.2 Å². The van der Waals surface area contributed by atoms with Gasteiger partial charge in [0.1, 0.15) is 0 Å². The minimum atomic E-state index is -0.459. The number of Topliss-reactive ketones (excluding diaryl/α,β-unsaturated/α-hetero) is 1. The number of nitrogens with one attached hydrogen (secondary N) is 1. The molecule has 0 saturated carbocycles. The van der Waals surface area contributed by atoms with E-state index in [0.717, 1.165) is 11.1 Å². The van der Waals surface area contributed by atoms with Gasteiger partial charge in [-0.3, -0.25) is 10.2 Å². The Morgan fingerprint density at radius 1 is 0.765 bits per heavy atom. The smallest absolute Gasteiger partial charge is 0.338 e. The number of hydrogen-bond acceptors (Lipinski definition) is 4. The average Bonchev–Trinajstić information content (AvgIpc) is 2.90. The first-order chi connectivity index (χ1) is 16.6. The molecule has 3 aromatic carbocycles. The predicted octanol–water partition coefficient (Wildman–Crippen LogP) is 5.46. The molecule has 0 aliphatic carbocycles. The molecule has 0 aliphatic rings. The highest BCUT2D eigenvalue weighted by Gasteiger charge is 2.32. The SMILES string of the molecule is CCOC(=O)c1cc(-c2ccccc2)[n+](C(=C=N)C(=O)c2ccccc2)c(-c2ccccc2)c1. The van der Waals surface area contributed by atoms with Gasteiger partial charge in [0.05, 0.1) is 18.0 Å². The van der Waals surface area contributed by atoms with Crippen LogP contribution in [0.15, 0.2) is 103 Å². The van der Waals surface area contributed by atoms with Gasteiger partial charge in [-0.1, -0.05) is 66.7 Å². The van der Waals surface area contributed by atoms with Gasteiger partial charge in [-0.15, -0.1) is 4.57 Å². The first-order valence-electron chi connectivity index (χ1n) is 10.9. The summed E-state index contributed by atoms with van der Waals surface area (Å²) < 4.78 is 6.97. The summed E-state index contributed by atoms with van der Waals surface area (Å²) >= 11 is 0. The fourth-order valence-corrected chi connectivity index (χ4v) is 3.75. The number of aromatic nitrogens is 1. The molecule has 0 bridgehead atoms. The zero-order chi connectivity index (χ0) is 23.9. The minimum absolute atomic E-state index is 0.0410.